The maximum Gasteiger partial charge on any atom is 0.123 e. The van der Waals surface area contributed by atoms with E-state index in [1.165, 1.54) is 16.7 Å². The first-order valence-corrected chi connectivity index (χ1v) is 5.61. The third-order valence-electron chi connectivity index (χ3n) is 2.41. The van der Waals surface area contributed by atoms with Gasteiger partial charge in [0.25, 0.3) is 0 Å². The number of ether oxygens (including phenoxy) is 1. The van der Waals surface area contributed by atoms with E-state index in [1.54, 1.807) is 7.11 Å². The Morgan fingerprint density at radius 2 is 2.12 bits per heavy atom. The fraction of sp³-hybridized carbons (Fsp3) is 0.429. The number of rotatable bonds is 5. The third-order valence-corrected chi connectivity index (χ3v) is 2.41. The molecular formula is C14H21NO. The average molecular weight is 219 g/mol. The summed E-state index contributed by atoms with van der Waals surface area (Å²) in [5, 5.41) is 3.38. The molecule has 0 aromatic heterocycles. The minimum absolute atomic E-state index is 0.842. The van der Waals surface area contributed by atoms with E-state index < -0.39 is 0 Å². The standard InChI is InChI=1S/C14H21NO/c1-11(2)7-8-15-10-13-9-12(3)5-6-14(13)16-4/h5-7,9,15H,8,10H2,1-4H3. The summed E-state index contributed by atoms with van der Waals surface area (Å²) in [4.78, 5) is 0. The van der Waals surface area contributed by atoms with Gasteiger partial charge in [0.05, 0.1) is 7.11 Å². The van der Waals surface area contributed by atoms with E-state index in [-0.39, 0.29) is 0 Å². The summed E-state index contributed by atoms with van der Waals surface area (Å²) in [5.41, 5.74) is 3.81. The second-order valence-corrected chi connectivity index (χ2v) is 4.23. The molecule has 0 heterocycles. The van der Waals surface area contributed by atoms with Gasteiger partial charge in [0.2, 0.25) is 0 Å². The van der Waals surface area contributed by atoms with Crippen molar-refractivity contribution < 1.29 is 4.74 Å². The largest absolute Gasteiger partial charge is 0.496 e. The molecule has 1 N–H and O–H groups in total. The van der Waals surface area contributed by atoms with Crippen LogP contribution in [0.25, 0.3) is 0 Å². The van der Waals surface area contributed by atoms with E-state index in [9.17, 15) is 0 Å². The molecule has 1 aromatic rings. The maximum atomic E-state index is 5.32. The van der Waals surface area contributed by atoms with E-state index in [2.05, 4.69) is 44.3 Å². The molecule has 1 rings (SSSR count). The van der Waals surface area contributed by atoms with Crippen molar-refractivity contribution in [1.82, 2.24) is 5.32 Å². The molecular weight excluding hydrogens is 198 g/mol. The van der Waals surface area contributed by atoms with Gasteiger partial charge in [-0.3, -0.25) is 0 Å². The zero-order valence-electron chi connectivity index (χ0n) is 10.6. The predicted molar refractivity (Wildman–Crippen MR) is 68.9 cm³/mol. The highest BCUT2D eigenvalue weighted by Crippen LogP contribution is 2.19. The van der Waals surface area contributed by atoms with Crippen LogP contribution in [0.5, 0.6) is 5.75 Å². The number of hydrogen-bond acceptors (Lipinski definition) is 2. The molecule has 1 aromatic carbocycles. The van der Waals surface area contributed by atoms with Gasteiger partial charge in [-0.1, -0.05) is 29.3 Å². The van der Waals surface area contributed by atoms with Gasteiger partial charge in [0.15, 0.2) is 0 Å². The van der Waals surface area contributed by atoms with Crippen LogP contribution < -0.4 is 10.1 Å². The lowest BCUT2D eigenvalue weighted by molar-refractivity contribution is 0.408. The van der Waals surface area contributed by atoms with Crippen molar-refractivity contribution in [3.05, 3.63) is 41.0 Å². The van der Waals surface area contributed by atoms with E-state index in [4.69, 9.17) is 4.74 Å². The van der Waals surface area contributed by atoms with Gasteiger partial charge in [-0.05, 0) is 26.8 Å². The predicted octanol–water partition coefficient (Wildman–Crippen LogP) is 3.06. The monoisotopic (exact) mass is 219 g/mol. The van der Waals surface area contributed by atoms with E-state index in [0.717, 1.165) is 18.8 Å². The van der Waals surface area contributed by atoms with Crippen molar-refractivity contribution in [2.75, 3.05) is 13.7 Å². The molecule has 0 aliphatic carbocycles. The summed E-state index contributed by atoms with van der Waals surface area (Å²) in [6, 6.07) is 6.25. The number of aryl methyl sites for hydroxylation is 1. The third kappa shape index (κ3) is 4.07. The molecule has 0 aliphatic rings. The van der Waals surface area contributed by atoms with Crippen LogP contribution in [0, 0.1) is 6.92 Å². The fourth-order valence-electron chi connectivity index (χ4n) is 1.53. The minimum atomic E-state index is 0.842. The first kappa shape index (κ1) is 12.8. The van der Waals surface area contributed by atoms with Gasteiger partial charge in [-0.25, -0.2) is 0 Å². The van der Waals surface area contributed by atoms with Crippen molar-refractivity contribution in [2.45, 2.75) is 27.3 Å². The molecule has 0 atom stereocenters. The van der Waals surface area contributed by atoms with Crippen LogP contribution in [0.3, 0.4) is 0 Å². The minimum Gasteiger partial charge on any atom is -0.496 e. The molecule has 16 heavy (non-hydrogen) atoms. The summed E-state index contributed by atoms with van der Waals surface area (Å²) in [5.74, 6) is 0.954. The summed E-state index contributed by atoms with van der Waals surface area (Å²) in [6.07, 6.45) is 2.18. The van der Waals surface area contributed by atoms with Gasteiger partial charge in [0.1, 0.15) is 5.75 Å². The van der Waals surface area contributed by atoms with Gasteiger partial charge in [-0.2, -0.15) is 0 Å². The molecule has 0 fully saturated rings. The molecule has 0 bridgehead atoms. The SMILES string of the molecule is COc1ccc(C)cc1CNCC=C(C)C. The molecule has 2 nitrogen and oxygen atoms in total. The molecule has 0 aliphatic heterocycles. The van der Waals surface area contributed by atoms with Crippen molar-refractivity contribution in [1.29, 1.82) is 0 Å². The quantitative estimate of drug-likeness (QED) is 0.607. The summed E-state index contributed by atoms with van der Waals surface area (Å²) in [6.45, 7) is 8.05. The van der Waals surface area contributed by atoms with Crippen molar-refractivity contribution >= 4 is 0 Å². The average Bonchev–Trinajstić information content (AvgIpc) is 2.24. The second-order valence-electron chi connectivity index (χ2n) is 4.23. The molecule has 0 saturated carbocycles. The highest BCUT2D eigenvalue weighted by Gasteiger charge is 2.01. The zero-order valence-corrected chi connectivity index (χ0v) is 10.6. The van der Waals surface area contributed by atoms with Crippen molar-refractivity contribution in [2.24, 2.45) is 0 Å². The van der Waals surface area contributed by atoms with Crippen LogP contribution in [-0.2, 0) is 6.54 Å². The lowest BCUT2D eigenvalue weighted by Crippen LogP contribution is -2.14. The normalized spacial score (nSPS) is 10.0. The highest BCUT2D eigenvalue weighted by molar-refractivity contribution is 5.36. The molecule has 0 saturated heterocycles. The topological polar surface area (TPSA) is 21.3 Å². The van der Waals surface area contributed by atoms with Crippen LogP contribution in [0.2, 0.25) is 0 Å². The Labute approximate surface area is 98.3 Å². The number of benzene rings is 1. The van der Waals surface area contributed by atoms with E-state index in [0.29, 0.717) is 0 Å². The van der Waals surface area contributed by atoms with Crippen molar-refractivity contribution in [3.8, 4) is 5.75 Å². The first-order valence-electron chi connectivity index (χ1n) is 5.61. The zero-order chi connectivity index (χ0) is 12.0. The Morgan fingerprint density at radius 1 is 1.38 bits per heavy atom. The number of nitrogens with one attached hydrogen (secondary N) is 1. The van der Waals surface area contributed by atoms with Gasteiger partial charge >= 0.3 is 0 Å². The van der Waals surface area contributed by atoms with Crippen LogP contribution in [0.4, 0.5) is 0 Å². The Kier molecular flexibility index (Phi) is 5.06. The molecule has 0 spiro atoms. The van der Waals surface area contributed by atoms with Crippen LogP contribution >= 0.6 is 0 Å². The smallest absolute Gasteiger partial charge is 0.123 e. The second kappa shape index (κ2) is 6.33. The molecule has 2 heteroatoms. The van der Waals surface area contributed by atoms with Gasteiger partial charge in [0, 0.05) is 18.7 Å². The van der Waals surface area contributed by atoms with E-state index in [1.807, 2.05) is 6.07 Å². The Bertz CT molecular complexity index is 365. The Morgan fingerprint density at radius 3 is 2.75 bits per heavy atom. The number of hydrogen-bond donors (Lipinski definition) is 1. The summed E-state index contributed by atoms with van der Waals surface area (Å²) >= 11 is 0. The summed E-state index contributed by atoms with van der Waals surface area (Å²) < 4.78 is 5.32. The number of allylic oxidation sites excluding steroid dienone is 1. The number of methoxy groups -OCH3 is 1. The lowest BCUT2D eigenvalue weighted by Gasteiger charge is -2.09. The van der Waals surface area contributed by atoms with Crippen molar-refractivity contribution in [3.63, 3.8) is 0 Å². The first-order chi connectivity index (χ1) is 7.63. The van der Waals surface area contributed by atoms with Crippen LogP contribution in [-0.4, -0.2) is 13.7 Å². The lowest BCUT2D eigenvalue weighted by atomic mass is 10.1. The van der Waals surface area contributed by atoms with E-state index >= 15 is 0 Å². The maximum absolute atomic E-state index is 5.32. The van der Waals surface area contributed by atoms with Crippen LogP contribution in [0.1, 0.15) is 25.0 Å². The molecule has 0 amide bonds. The Hall–Kier alpha value is -1.28. The van der Waals surface area contributed by atoms with Crippen LogP contribution in [0.15, 0.2) is 29.8 Å². The van der Waals surface area contributed by atoms with Gasteiger partial charge in [-0.15, -0.1) is 0 Å². The molecule has 88 valence electrons. The molecule has 0 radical (unpaired) electrons. The molecule has 0 unspecified atom stereocenters. The van der Waals surface area contributed by atoms with Gasteiger partial charge < -0.3 is 10.1 Å². The Balaban J connectivity index is 2.58. The highest BCUT2D eigenvalue weighted by atomic mass is 16.5. The fourth-order valence-corrected chi connectivity index (χ4v) is 1.53. The summed E-state index contributed by atoms with van der Waals surface area (Å²) in [7, 11) is 1.71.